The highest BCUT2D eigenvalue weighted by atomic mass is 35.5. The van der Waals surface area contributed by atoms with Crippen LogP contribution in [0.3, 0.4) is 0 Å². The molecule has 0 atom stereocenters. The molecule has 0 spiro atoms. The summed E-state index contributed by atoms with van der Waals surface area (Å²) in [7, 11) is 1.37. The summed E-state index contributed by atoms with van der Waals surface area (Å²) < 4.78 is 7.94. The molecule has 0 N–H and O–H groups in total. The van der Waals surface area contributed by atoms with Gasteiger partial charge < -0.3 is 4.74 Å². The summed E-state index contributed by atoms with van der Waals surface area (Å²) in [6.45, 7) is 0. The van der Waals surface area contributed by atoms with Crippen LogP contribution in [0.5, 0.6) is 5.88 Å². The first-order valence-corrected chi connectivity index (χ1v) is 6.51. The topological polar surface area (TPSA) is 61.9 Å². The van der Waals surface area contributed by atoms with Gasteiger partial charge in [0.25, 0.3) is 5.88 Å². The van der Waals surface area contributed by atoms with Gasteiger partial charge in [0.05, 0.1) is 25.2 Å². The Morgan fingerprint density at radius 1 is 1.19 bits per heavy atom. The highest BCUT2D eigenvalue weighted by Crippen LogP contribution is 2.15. The van der Waals surface area contributed by atoms with E-state index in [4.69, 9.17) is 16.3 Å². The van der Waals surface area contributed by atoms with Gasteiger partial charge >= 0.3 is 5.56 Å². The number of halogens is 1. The van der Waals surface area contributed by atoms with E-state index in [9.17, 15) is 4.79 Å². The molecule has 106 valence electrons. The Hall–Kier alpha value is -2.60. The molecule has 0 aliphatic heterocycles. The Morgan fingerprint density at radius 3 is 2.67 bits per heavy atom. The lowest BCUT2D eigenvalue weighted by molar-refractivity contribution is 0.388. The molecular formula is C14H11ClN4O2. The van der Waals surface area contributed by atoms with Crippen molar-refractivity contribution in [3.8, 4) is 17.4 Å². The maximum atomic E-state index is 12.3. The third-order valence-electron chi connectivity index (χ3n) is 2.91. The van der Waals surface area contributed by atoms with E-state index < -0.39 is 5.56 Å². The van der Waals surface area contributed by atoms with Crippen molar-refractivity contribution >= 4 is 11.6 Å². The molecule has 6 nitrogen and oxygen atoms in total. The second kappa shape index (κ2) is 5.41. The number of hydrogen-bond acceptors (Lipinski definition) is 4. The molecule has 7 heteroatoms. The Labute approximate surface area is 125 Å². The van der Waals surface area contributed by atoms with Gasteiger partial charge in [-0.2, -0.15) is 10.1 Å². The van der Waals surface area contributed by atoms with Gasteiger partial charge in [-0.3, -0.25) is 9.36 Å². The number of rotatable bonds is 3. The van der Waals surface area contributed by atoms with Crippen molar-refractivity contribution in [3.63, 3.8) is 0 Å². The monoisotopic (exact) mass is 302 g/mol. The Balaban J connectivity index is 2.22. The van der Waals surface area contributed by atoms with E-state index >= 15 is 0 Å². The summed E-state index contributed by atoms with van der Waals surface area (Å²) >= 11 is 5.94. The third-order valence-corrected chi connectivity index (χ3v) is 3.09. The van der Waals surface area contributed by atoms with E-state index in [-0.39, 0.29) is 11.0 Å². The van der Waals surface area contributed by atoms with Crippen LogP contribution in [-0.2, 0) is 0 Å². The summed E-state index contributed by atoms with van der Waals surface area (Å²) in [5, 5.41) is 4.40. The zero-order valence-electron chi connectivity index (χ0n) is 11.1. The molecule has 0 radical (unpaired) electrons. The molecule has 0 fully saturated rings. The van der Waals surface area contributed by atoms with E-state index in [1.807, 2.05) is 30.3 Å². The van der Waals surface area contributed by atoms with E-state index in [0.29, 0.717) is 5.82 Å². The number of methoxy groups -OCH3 is 1. The normalized spacial score (nSPS) is 10.6. The van der Waals surface area contributed by atoms with Crippen molar-refractivity contribution in [1.29, 1.82) is 0 Å². The highest BCUT2D eigenvalue weighted by molar-refractivity contribution is 6.29. The Morgan fingerprint density at radius 2 is 1.95 bits per heavy atom. The van der Waals surface area contributed by atoms with Crippen LogP contribution in [0.2, 0.25) is 5.15 Å². The molecule has 21 heavy (non-hydrogen) atoms. The molecular weight excluding hydrogens is 292 g/mol. The van der Waals surface area contributed by atoms with Crippen molar-refractivity contribution in [2.75, 3.05) is 7.11 Å². The van der Waals surface area contributed by atoms with Crippen LogP contribution < -0.4 is 10.3 Å². The van der Waals surface area contributed by atoms with Crippen molar-refractivity contribution < 1.29 is 4.74 Å². The molecule has 1 aromatic carbocycles. The smallest absolute Gasteiger partial charge is 0.319 e. The van der Waals surface area contributed by atoms with Crippen molar-refractivity contribution in [2.45, 2.75) is 0 Å². The van der Waals surface area contributed by atoms with E-state index in [1.165, 1.54) is 17.9 Å². The minimum atomic E-state index is -0.403. The lowest BCUT2D eigenvalue weighted by Crippen LogP contribution is -2.23. The number of benzene rings is 1. The molecule has 0 unspecified atom stereocenters. The van der Waals surface area contributed by atoms with E-state index in [2.05, 4.69) is 10.1 Å². The van der Waals surface area contributed by atoms with Crippen LogP contribution in [0, 0.1) is 0 Å². The van der Waals surface area contributed by atoms with Gasteiger partial charge in [0.1, 0.15) is 11.0 Å². The maximum absolute atomic E-state index is 12.3. The minimum absolute atomic E-state index is 0.0664. The van der Waals surface area contributed by atoms with Crippen LogP contribution in [-0.4, -0.2) is 26.4 Å². The summed E-state index contributed by atoms with van der Waals surface area (Å²) in [5.41, 5.74) is 0.427. The first kappa shape index (κ1) is 13.4. The number of hydrogen-bond donors (Lipinski definition) is 0. The lowest BCUT2D eigenvalue weighted by Gasteiger charge is -2.10. The van der Waals surface area contributed by atoms with E-state index in [1.54, 1.807) is 16.9 Å². The van der Waals surface area contributed by atoms with Crippen molar-refractivity contribution in [1.82, 2.24) is 19.3 Å². The first-order chi connectivity index (χ1) is 10.2. The van der Waals surface area contributed by atoms with Crippen LogP contribution in [0.4, 0.5) is 0 Å². The minimum Gasteiger partial charge on any atom is -0.477 e. The average molecular weight is 303 g/mol. The molecule has 3 aromatic rings. The van der Waals surface area contributed by atoms with Crippen LogP contribution in [0.1, 0.15) is 0 Å². The number of aromatic nitrogens is 4. The molecule has 0 saturated heterocycles. The zero-order chi connectivity index (χ0) is 14.8. The third kappa shape index (κ3) is 2.41. The molecule has 0 aliphatic carbocycles. The fraction of sp³-hybridized carbons (Fsp3) is 0.0714. The summed E-state index contributed by atoms with van der Waals surface area (Å²) in [5.74, 6) is 0.483. The van der Waals surface area contributed by atoms with Gasteiger partial charge in [-0.15, -0.1) is 0 Å². The van der Waals surface area contributed by atoms with Gasteiger partial charge in [-0.25, -0.2) is 4.68 Å². The summed E-state index contributed by atoms with van der Waals surface area (Å²) in [4.78, 5) is 16.2. The van der Waals surface area contributed by atoms with E-state index in [0.717, 1.165) is 5.69 Å². The SMILES string of the molecule is COc1nc(Cl)cn(-c2ccnn2-c2ccccc2)c1=O. The Bertz CT molecular complexity index is 826. The van der Waals surface area contributed by atoms with Crippen LogP contribution in [0.15, 0.2) is 53.6 Å². The van der Waals surface area contributed by atoms with Gasteiger partial charge in [0.2, 0.25) is 0 Å². The summed E-state index contributed by atoms with van der Waals surface area (Å²) in [6, 6.07) is 11.2. The van der Waals surface area contributed by atoms with Gasteiger partial charge in [0.15, 0.2) is 0 Å². The van der Waals surface area contributed by atoms with Crippen molar-refractivity contribution in [3.05, 3.63) is 64.3 Å². The number of para-hydroxylation sites is 1. The predicted molar refractivity (Wildman–Crippen MR) is 78.5 cm³/mol. The quantitative estimate of drug-likeness (QED) is 0.743. The van der Waals surface area contributed by atoms with Crippen LogP contribution in [0.25, 0.3) is 11.5 Å². The molecule has 0 saturated carbocycles. The van der Waals surface area contributed by atoms with Gasteiger partial charge in [0, 0.05) is 6.07 Å². The van der Waals surface area contributed by atoms with Crippen LogP contribution >= 0.6 is 11.6 Å². The zero-order valence-corrected chi connectivity index (χ0v) is 11.9. The largest absolute Gasteiger partial charge is 0.477 e. The average Bonchev–Trinajstić information content (AvgIpc) is 2.99. The Kier molecular flexibility index (Phi) is 3.45. The van der Waals surface area contributed by atoms with Gasteiger partial charge in [-0.05, 0) is 12.1 Å². The first-order valence-electron chi connectivity index (χ1n) is 6.13. The molecule has 0 amide bonds. The summed E-state index contributed by atoms with van der Waals surface area (Å²) in [6.07, 6.45) is 3.04. The highest BCUT2D eigenvalue weighted by Gasteiger charge is 2.13. The standard InChI is InChI=1S/C14H11ClN4O2/c1-21-13-14(20)18(9-11(15)17-13)12-7-8-16-19(12)10-5-3-2-4-6-10/h2-9H,1H3. The predicted octanol–water partition coefficient (Wildman–Crippen LogP) is 2.08. The molecule has 2 aromatic heterocycles. The molecule has 3 rings (SSSR count). The molecule has 0 bridgehead atoms. The number of nitrogens with zero attached hydrogens (tertiary/aromatic N) is 4. The fourth-order valence-corrected chi connectivity index (χ4v) is 2.17. The number of ether oxygens (including phenoxy) is 1. The molecule has 2 heterocycles. The lowest BCUT2D eigenvalue weighted by atomic mass is 10.3. The molecule has 0 aliphatic rings. The second-order valence-electron chi connectivity index (χ2n) is 4.18. The fourth-order valence-electron chi connectivity index (χ4n) is 1.99. The van der Waals surface area contributed by atoms with Gasteiger partial charge in [-0.1, -0.05) is 29.8 Å². The van der Waals surface area contributed by atoms with Crippen molar-refractivity contribution in [2.24, 2.45) is 0 Å². The second-order valence-corrected chi connectivity index (χ2v) is 4.57. The maximum Gasteiger partial charge on any atom is 0.319 e.